The van der Waals surface area contributed by atoms with Gasteiger partial charge in [0.05, 0.1) is 0 Å². The number of hydrogen-bond donors (Lipinski definition) is 0. The Kier molecular flexibility index (Phi) is 7.25. The van der Waals surface area contributed by atoms with Crippen molar-refractivity contribution >= 4 is 0 Å². The smallest absolute Gasteiger partial charge is 0.000946 e. The van der Waals surface area contributed by atoms with Gasteiger partial charge in [0.1, 0.15) is 0 Å². The first-order valence-corrected chi connectivity index (χ1v) is 6.60. The van der Waals surface area contributed by atoms with Gasteiger partial charge >= 0.3 is 0 Å². The van der Waals surface area contributed by atoms with E-state index in [1.165, 1.54) is 19.6 Å². The van der Waals surface area contributed by atoms with Crippen molar-refractivity contribution in [1.29, 1.82) is 0 Å². The lowest BCUT2D eigenvalue weighted by Gasteiger charge is -2.30. The van der Waals surface area contributed by atoms with E-state index in [9.17, 15) is 0 Å². The second-order valence-corrected chi connectivity index (χ2v) is 5.79. The van der Waals surface area contributed by atoms with Gasteiger partial charge in [0.2, 0.25) is 0 Å². The molecule has 0 aromatic heterocycles. The highest BCUT2D eigenvalue weighted by molar-refractivity contribution is 4.68. The zero-order chi connectivity index (χ0) is 12.0. The third kappa shape index (κ3) is 6.19. The maximum Gasteiger partial charge on any atom is 0.000946 e. The van der Waals surface area contributed by atoms with Crippen LogP contribution in [0.1, 0.15) is 48.5 Å². The van der Waals surface area contributed by atoms with E-state index in [0.717, 1.165) is 23.7 Å². The molecule has 0 amide bonds. The molecule has 15 heavy (non-hydrogen) atoms. The first-order valence-electron chi connectivity index (χ1n) is 6.60. The first-order chi connectivity index (χ1) is 6.88. The molecule has 2 atom stereocenters. The fourth-order valence-electron chi connectivity index (χ4n) is 1.57. The van der Waals surface area contributed by atoms with Crippen molar-refractivity contribution in [3.63, 3.8) is 0 Å². The number of hydrogen-bond acceptors (Lipinski definition) is 1. The average Bonchev–Trinajstić information content (AvgIpc) is 2.15. The molecule has 0 aliphatic rings. The van der Waals surface area contributed by atoms with Gasteiger partial charge in [-0.25, -0.2) is 0 Å². The van der Waals surface area contributed by atoms with E-state index in [4.69, 9.17) is 0 Å². The van der Waals surface area contributed by atoms with Crippen molar-refractivity contribution in [3.8, 4) is 0 Å². The molecule has 0 rings (SSSR count). The van der Waals surface area contributed by atoms with E-state index >= 15 is 0 Å². The average molecular weight is 213 g/mol. The van der Waals surface area contributed by atoms with Gasteiger partial charge in [-0.3, -0.25) is 0 Å². The fraction of sp³-hybridized carbons (Fsp3) is 1.00. The molecule has 0 fully saturated rings. The van der Waals surface area contributed by atoms with Gasteiger partial charge in [-0.1, -0.05) is 48.5 Å². The summed E-state index contributed by atoms with van der Waals surface area (Å²) in [5.74, 6) is 3.22. The van der Waals surface area contributed by atoms with Crippen LogP contribution in [-0.2, 0) is 0 Å². The van der Waals surface area contributed by atoms with E-state index < -0.39 is 0 Å². The molecule has 0 bridgehead atoms. The SMILES string of the molecule is CCN(CC(C)C(C)C)CC(C)C(C)C. The second-order valence-electron chi connectivity index (χ2n) is 5.79. The Labute approximate surface area is 97.2 Å². The van der Waals surface area contributed by atoms with Crippen LogP contribution < -0.4 is 0 Å². The summed E-state index contributed by atoms with van der Waals surface area (Å²) in [6.45, 7) is 20.0. The molecule has 0 saturated carbocycles. The summed E-state index contributed by atoms with van der Waals surface area (Å²) in [6, 6.07) is 0. The van der Waals surface area contributed by atoms with Gasteiger partial charge in [-0.05, 0) is 30.2 Å². The molecular weight excluding hydrogens is 182 g/mol. The standard InChI is InChI=1S/C14H31N/c1-8-15(9-13(6)11(2)3)10-14(7)12(4)5/h11-14H,8-10H2,1-7H3. The van der Waals surface area contributed by atoms with E-state index in [2.05, 4.69) is 53.4 Å². The lowest BCUT2D eigenvalue weighted by Crippen LogP contribution is -2.35. The summed E-state index contributed by atoms with van der Waals surface area (Å²) in [7, 11) is 0. The second kappa shape index (κ2) is 7.27. The Morgan fingerprint density at radius 1 is 0.733 bits per heavy atom. The highest BCUT2D eigenvalue weighted by Crippen LogP contribution is 2.15. The third-order valence-corrected chi connectivity index (χ3v) is 3.82. The Bertz CT molecular complexity index is 135. The van der Waals surface area contributed by atoms with Crippen LogP contribution in [-0.4, -0.2) is 24.5 Å². The van der Waals surface area contributed by atoms with Crippen molar-refractivity contribution in [3.05, 3.63) is 0 Å². The highest BCUT2D eigenvalue weighted by Gasteiger charge is 2.15. The van der Waals surface area contributed by atoms with Crippen molar-refractivity contribution in [1.82, 2.24) is 4.90 Å². The number of rotatable bonds is 7. The maximum atomic E-state index is 2.61. The minimum Gasteiger partial charge on any atom is -0.303 e. The van der Waals surface area contributed by atoms with Crippen LogP contribution in [0.25, 0.3) is 0 Å². The summed E-state index contributed by atoms with van der Waals surface area (Å²) in [5.41, 5.74) is 0. The summed E-state index contributed by atoms with van der Waals surface area (Å²) in [4.78, 5) is 2.61. The van der Waals surface area contributed by atoms with Gasteiger partial charge in [-0.15, -0.1) is 0 Å². The Morgan fingerprint density at radius 3 is 1.27 bits per heavy atom. The highest BCUT2D eigenvalue weighted by atomic mass is 15.1. The zero-order valence-electron chi connectivity index (χ0n) is 11.9. The van der Waals surface area contributed by atoms with Crippen LogP contribution in [0.5, 0.6) is 0 Å². The van der Waals surface area contributed by atoms with Crippen LogP contribution in [0, 0.1) is 23.7 Å². The summed E-state index contributed by atoms with van der Waals surface area (Å²) >= 11 is 0. The van der Waals surface area contributed by atoms with E-state index in [-0.39, 0.29) is 0 Å². The molecule has 0 aliphatic carbocycles. The molecule has 1 nitrogen and oxygen atoms in total. The quantitative estimate of drug-likeness (QED) is 0.620. The third-order valence-electron chi connectivity index (χ3n) is 3.82. The van der Waals surface area contributed by atoms with Gasteiger partial charge in [-0.2, -0.15) is 0 Å². The van der Waals surface area contributed by atoms with Gasteiger partial charge in [0.15, 0.2) is 0 Å². The normalized spacial score (nSPS) is 16.4. The molecule has 0 aliphatic heterocycles. The molecule has 0 spiro atoms. The Hall–Kier alpha value is -0.0400. The summed E-state index contributed by atoms with van der Waals surface area (Å²) in [6.07, 6.45) is 0. The van der Waals surface area contributed by atoms with Crippen molar-refractivity contribution in [2.45, 2.75) is 48.5 Å². The molecule has 1 heteroatoms. The monoisotopic (exact) mass is 213 g/mol. The molecule has 0 aromatic rings. The summed E-state index contributed by atoms with van der Waals surface area (Å²) in [5, 5.41) is 0. The van der Waals surface area contributed by atoms with Gasteiger partial charge in [0.25, 0.3) is 0 Å². The van der Waals surface area contributed by atoms with E-state index in [0.29, 0.717) is 0 Å². The molecule has 2 unspecified atom stereocenters. The fourth-order valence-corrected chi connectivity index (χ4v) is 1.57. The van der Waals surface area contributed by atoms with Crippen LogP contribution in [0.4, 0.5) is 0 Å². The molecule has 0 aromatic carbocycles. The lowest BCUT2D eigenvalue weighted by molar-refractivity contribution is 0.179. The van der Waals surface area contributed by atoms with Crippen LogP contribution in [0.2, 0.25) is 0 Å². The lowest BCUT2D eigenvalue weighted by atomic mass is 9.95. The minimum absolute atomic E-state index is 0.799. The van der Waals surface area contributed by atoms with Gasteiger partial charge in [0, 0.05) is 13.1 Å². The minimum atomic E-state index is 0.799. The van der Waals surface area contributed by atoms with Crippen molar-refractivity contribution in [2.75, 3.05) is 19.6 Å². The van der Waals surface area contributed by atoms with Gasteiger partial charge < -0.3 is 4.90 Å². The largest absolute Gasteiger partial charge is 0.303 e. The molecule has 0 N–H and O–H groups in total. The maximum absolute atomic E-state index is 2.61. The zero-order valence-corrected chi connectivity index (χ0v) is 11.9. The van der Waals surface area contributed by atoms with Crippen molar-refractivity contribution in [2.24, 2.45) is 23.7 Å². The topological polar surface area (TPSA) is 3.24 Å². The molecule has 0 heterocycles. The van der Waals surface area contributed by atoms with E-state index in [1.807, 2.05) is 0 Å². The molecule has 92 valence electrons. The summed E-state index contributed by atoms with van der Waals surface area (Å²) < 4.78 is 0. The molecule has 0 saturated heterocycles. The first kappa shape index (κ1) is 15.0. The molecular formula is C14H31N. The predicted octanol–water partition coefficient (Wildman–Crippen LogP) is 3.89. The van der Waals surface area contributed by atoms with Crippen molar-refractivity contribution < 1.29 is 0 Å². The molecule has 0 radical (unpaired) electrons. The predicted molar refractivity (Wildman–Crippen MR) is 70.1 cm³/mol. The van der Waals surface area contributed by atoms with Crippen LogP contribution in [0.3, 0.4) is 0 Å². The van der Waals surface area contributed by atoms with E-state index in [1.54, 1.807) is 0 Å². The Balaban J connectivity index is 4.03. The van der Waals surface area contributed by atoms with Crippen LogP contribution >= 0.6 is 0 Å². The Morgan fingerprint density at radius 2 is 1.07 bits per heavy atom. The van der Waals surface area contributed by atoms with Crippen LogP contribution in [0.15, 0.2) is 0 Å². The number of nitrogens with zero attached hydrogens (tertiary/aromatic N) is 1.